The number of carbonyl (C=O) groups is 3. The van der Waals surface area contributed by atoms with Crippen molar-refractivity contribution in [2.24, 2.45) is 0 Å². The maximum Gasteiger partial charge on any atom is 0.277 e. The molecule has 0 saturated carbocycles. The average molecular weight is 272 g/mol. The lowest BCUT2D eigenvalue weighted by atomic mass is 10.1. The first-order valence-corrected chi connectivity index (χ1v) is 6.34. The number of thiophene rings is 1. The van der Waals surface area contributed by atoms with Crippen molar-refractivity contribution in [3.05, 3.63) is 51.7 Å². The van der Waals surface area contributed by atoms with E-state index < -0.39 is 17.7 Å². The monoisotopic (exact) mass is 272 g/mol. The number of anilines is 1. The van der Waals surface area contributed by atoms with E-state index in [1.165, 1.54) is 23.5 Å². The fraction of sp³-hybridized carbons (Fsp3) is 0. The van der Waals surface area contributed by atoms with E-state index in [4.69, 9.17) is 5.73 Å². The van der Waals surface area contributed by atoms with Crippen LogP contribution in [-0.2, 0) is 0 Å². The molecule has 0 bridgehead atoms. The third-order valence-electron chi connectivity index (χ3n) is 2.88. The summed E-state index contributed by atoms with van der Waals surface area (Å²) in [4.78, 5) is 37.5. The largest absolute Gasteiger partial charge is 0.398 e. The quantitative estimate of drug-likeness (QED) is 0.633. The fourth-order valence-electron chi connectivity index (χ4n) is 2.01. The predicted octanol–water partition coefficient (Wildman–Crippen LogP) is 1.77. The van der Waals surface area contributed by atoms with Crippen LogP contribution in [0.2, 0.25) is 0 Å². The van der Waals surface area contributed by atoms with Gasteiger partial charge in [-0.05, 0) is 23.6 Å². The van der Waals surface area contributed by atoms with Crippen LogP contribution in [0.3, 0.4) is 0 Å². The molecule has 0 radical (unpaired) electrons. The van der Waals surface area contributed by atoms with Crippen molar-refractivity contribution in [3.8, 4) is 0 Å². The van der Waals surface area contributed by atoms with Crippen molar-refractivity contribution in [2.75, 3.05) is 5.73 Å². The third-order valence-corrected chi connectivity index (χ3v) is 3.74. The van der Waals surface area contributed by atoms with Gasteiger partial charge in [-0.15, -0.1) is 11.3 Å². The van der Waals surface area contributed by atoms with E-state index in [9.17, 15) is 14.4 Å². The van der Waals surface area contributed by atoms with Crippen molar-refractivity contribution < 1.29 is 14.4 Å². The standard InChI is InChI=1S/C13H8N2O3S/c14-8-4-1-3-7-10(8)13(18)15(11(7)16)12(17)9-5-2-6-19-9/h1-6H,14H2. The summed E-state index contributed by atoms with van der Waals surface area (Å²) in [6, 6.07) is 7.86. The second kappa shape index (κ2) is 4.03. The number of nitrogens with zero attached hydrogens (tertiary/aromatic N) is 1. The van der Waals surface area contributed by atoms with Crippen molar-refractivity contribution in [2.45, 2.75) is 0 Å². The van der Waals surface area contributed by atoms with Crippen LogP contribution in [0.4, 0.5) is 5.69 Å². The molecular formula is C13H8N2O3S. The molecule has 1 aliphatic heterocycles. The molecule has 2 heterocycles. The van der Waals surface area contributed by atoms with Gasteiger partial charge < -0.3 is 5.73 Å². The summed E-state index contributed by atoms with van der Waals surface area (Å²) in [5, 5.41) is 1.71. The zero-order chi connectivity index (χ0) is 13.6. The number of carbonyl (C=O) groups excluding carboxylic acids is 3. The van der Waals surface area contributed by atoms with Crippen LogP contribution in [0.5, 0.6) is 0 Å². The Morgan fingerprint density at radius 3 is 2.53 bits per heavy atom. The molecule has 1 aromatic carbocycles. The lowest BCUT2D eigenvalue weighted by molar-refractivity contribution is 0.0569. The van der Waals surface area contributed by atoms with Crippen LogP contribution < -0.4 is 5.73 Å². The zero-order valence-corrected chi connectivity index (χ0v) is 10.4. The van der Waals surface area contributed by atoms with E-state index in [-0.39, 0.29) is 16.8 Å². The van der Waals surface area contributed by atoms with Gasteiger partial charge in [0.1, 0.15) is 0 Å². The molecule has 94 valence electrons. The van der Waals surface area contributed by atoms with Crippen molar-refractivity contribution in [3.63, 3.8) is 0 Å². The molecule has 1 aliphatic rings. The van der Waals surface area contributed by atoms with E-state index >= 15 is 0 Å². The van der Waals surface area contributed by atoms with E-state index in [1.807, 2.05) is 0 Å². The highest BCUT2D eigenvalue weighted by Gasteiger charge is 2.41. The maximum atomic E-state index is 12.2. The lowest BCUT2D eigenvalue weighted by Crippen LogP contribution is -2.35. The molecule has 2 aromatic rings. The number of nitrogens with two attached hydrogens (primary N) is 1. The molecule has 0 spiro atoms. The Labute approximate surface area is 112 Å². The number of hydrogen-bond donors (Lipinski definition) is 1. The van der Waals surface area contributed by atoms with E-state index in [1.54, 1.807) is 23.6 Å². The normalized spacial score (nSPS) is 13.8. The first-order valence-electron chi connectivity index (χ1n) is 5.46. The Morgan fingerprint density at radius 1 is 1.11 bits per heavy atom. The summed E-state index contributed by atoms with van der Waals surface area (Å²) in [5.74, 6) is -1.89. The number of imide groups is 3. The molecule has 19 heavy (non-hydrogen) atoms. The number of benzene rings is 1. The molecule has 3 amide bonds. The van der Waals surface area contributed by atoms with Crippen LogP contribution in [0.25, 0.3) is 0 Å². The number of hydrogen-bond acceptors (Lipinski definition) is 5. The first-order chi connectivity index (χ1) is 9.11. The zero-order valence-electron chi connectivity index (χ0n) is 9.62. The van der Waals surface area contributed by atoms with Crippen molar-refractivity contribution in [1.29, 1.82) is 0 Å². The number of amides is 3. The summed E-state index contributed by atoms with van der Waals surface area (Å²) >= 11 is 1.18. The van der Waals surface area contributed by atoms with E-state index in [0.29, 0.717) is 9.78 Å². The van der Waals surface area contributed by atoms with E-state index in [0.717, 1.165) is 0 Å². The molecule has 1 aromatic heterocycles. The molecule has 0 fully saturated rings. The second-order valence-corrected chi connectivity index (χ2v) is 4.95. The van der Waals surface area contributed by atoms with Gasteiger partial charge in [-0.3, -0.25) is 14.4 Å². The molecule has 6 heteroatoms. The van der Waals surface area contributed by atoms with Crippen molar-refractivity contribution >= 4 is 34.7 Å². The van der Waals surface area contributed by atoms with Crippen LogP contribution in [0.15, 0.2) is 35.7 Å². The molecule has 0 saturated heterocycles. The number of fused-ring (bicyclic) bond motifs is 1. The third kappa shape index (κ3) is 1.57. The fourth-order valence-corrected chi connectivity index (χ4v) is 2.66. The first kappa shape index (κ1) is 11.6. The highest BCUT2D eigenvalue weighted by molar-refractivity contribution is 7.12. The molecule has 0 unspecified atom stereocenters. The summed E-state index contributed by atoms with van der Waals surface area (Å²) in [6.07, 6.45) is 0. The minimum atomic E-state index is -0.656. The Hall–Kier alpha value is -2.47. The maximum absolute atomic E-state index is 12.2. The summed E-state index contributed by atoms with van der Waals surface area (Å²) in [6.45, 7) is 0. The van der Waals surface area contributed by atoms with Gasteiger partial charge >= 0.3 is 0 Å². The van der Waals surface area contributed by atoms with Crippen molar-refractivity contribution in [1.82, 2.24) is 4.90 Å². The van der Waals surface area contributed by atoms with Crippen LogP contribution in [0.1, 0.15) is 30.4 Å². The van der Waals surface area contributed by atoms with Crippen LogP contribution in [-0.4, -0.2) is 22.6 Å². The minimum Gasteiger partial charge on any atom is -0.398 e. The highest BCUT2D eigenvalue weighted by Crippen LogP contribution is 2.29. The topological polar surface area (TPSA) is 80.5 Å². The van der Waals surface area contributed by atoms with Gasteiger partial charge in [-0.2, -0.15) is 0 Å². The van der Waals surface area contributed by atoms with Gasteiger partial charge in [0.05, 0.1) is 16.0 Å². The summed E-state index contributed by atoms with van der Waals surface area (Å²) < 4.78 is 0. The molecule has 0 atom stereocenters. The summed E-state index contributed by atoms with van der Waals surface area (Å²) in [5.41, 5.74) is 6.19. The van der Waals surface area contributed by atoms with Gasteiger partial charge in [0.2, 0.25) is 0 Å². The van der Waals surface area contributed by atoms with Gasteiger partial charge in [0, 0.05) is 5.69 Å². The Morgan fingerprint density at radius 2 is 1.89 bits per heavy atom. The van der Waals surface area contributed by atoms with Crippen LogP contribution >= 0.6 is 11.3 Å². The summed E-state index contributed by atoms with van der Waals surface area (Å²) in [7, 11) is 0. The molecular weight excluding hydrogens is 264 g/mol. The second-order valence-electron chi connectivity index (χ2n) is 4.00. The lowest BCUT2D eigenvalue weighted by Gasteiger charge is -2.10. The molecule has 3 rings (SSSR count). The highest BCUT2D eigenvalue weighted by atomic mass is 32.1. The Bertz CT molecular complexity index is 707. The van der Waals surface area contributed by atoms with Gasteiger partial charge in [0.15, 0.2) is 0 Å². The van der Waals surface area contributed by atoms with E-state index in [2.05, 4.69) is 0 Å². The predicted molar refractivity (Wildman–Crippen MR) is 70.0 cm³/mol. The van der Waals surface area contributed by atoms with Gasteiger partial charge in [-0.1, -0.05) is 12.1 Å². The number of rotatable bonds is 1. The average Bonchev–Trinajstić information content (AvgIpc) is 2.98. The smallest absolute Gasteiger partial charge is 0.277 e. The SMILES string of the molecule is Nc1cccc2c1C(=O)N(C(=O)c1cccs1)C2=O. The van der Waals surface area contributed by atoms with Crippen LogP contribution in [0, 0.1) is 0 Å². The Kier molecular flexibility index (Phi) is 2.46. The van der Waals surface area contributed by atoms with Gasteiger partial charge in [-0.25, -0.2) is 4.90 Å². The Balaban J connectivity index is 2.09. The van der Waals surface area contributed by atoms with Gasteiger partial charge in [0.25, 0.3) is 17.7 Å². The number of nitrogen functional groups attached to an aromatic ring is 1. The molecule has 5 nitrogen and oxygen atoms in total. The minimum absolute atomic E-state index is 0.109. The molecule has 0 aliphatic carbocycles. The molecule has 2 N–H and O–H groups in total.